The lowest BCUT2D eigenvalue weighted by Crippen LogP contribution is -2.08. The fraction of sp³-hybridized carbons (Fsp3) is 0.455. The molecule has 0 saturated carbocycles. The third-order valence-electron chi connectivity index (χ3n) is 2.12. The van der Waals surface area contributed by atoms with Crippen LogP contribution in [0.25, 0.3) is 0 Å². The van der Waals surface area contributed by atoms with Crippen molar-refractivity contribution in [1.82, 2.24) is 0 Å². The van der Waals surface area contributed by atoms with Gasteiger partial charge in [0.25, 0.3) is 0 Å². The normalized spacial score (nSPS) is 10.2. The quantitative estimate of drug-likeness (QED) is 0.724. The average Bonchev–Trinajstić information content (AvgIpc) is 2.18. The monoisotopic (exact) mass is 195 g/mol. The Morgan fingerprint density at radius 3 is 2.71 bits per heavy atom. The average molecular weight is 195 g/mol. The summed E-state index contributed by atoms with van der Waals surface area (Å²) < 4.78 is 10.5. The smallest absolute Gasteiger partial charge is 0.124 e. The summed E-state index contributed by atoms with van der Waals surface area (Å²) in [5.74, 6) is 0.865. The molecule has 0 saturated heterocycles. The van der Waals surface area contributed by atoms with Gasteiger partial charge in [-0.15, -0.1) is 0 Å². The van der Waals surface area contributed by atoms with Crippen LogP contribution in [0.2, 0.25) is 0 Å². The molecule has 0 spiro atoms. The topological polar surface area (TPSA) is 44.5 Å². The van der Waals surface area contributed by atoms with Crippen LogP contribution in [0.4, 0.5) is 0 Å². The van der Waals surface area contributed by atoms with Crippen LogP contribution < -0.4 is 10.5 Å². The van der Waals surface area contributed by atoms with Crippen molar-refractivity contribution in [1.29, 1.82) is 0 Å². The van der Waals surface area contributed by atoms with Crippen LogP contribution in [-0.4, -0.2) is 20.3 Å². The van der Waals surface area contributed by atoms with E-state index in [1.807, 2.05) is 25.1 Å². The molecule has 1 rings (SSSR count). The lowest BCUT2D eigenvalue weighted by Gasteiger charge is -2.11. The van der Waals surface area contributed by atoms with Gasteiger partial charge in [-0.3, -0.25) is 0 Å². The van der Waals surface area contributed by atoms with Crippen molar-refractivity contribution in [3.05, 3.63) is 29.3 Å². The molecule has 1 aromatic rings. The molecular formula is C11H17NO2. The summed E-state index contributed by atoms with van der Waals surface area (Å²) in [6.45, 7) is 3.70. The molecule has 0 aliphatic rings. The first-order valence-corrected chi connectivity index (χ1v) is 4.70. The molecule has 0 radical (unpaired) electrons. The number of rotatable bonds is 5. The first-order chi connectivity index (χ1) is 6.79. The van der Waals surface area contributed by atoms with Gasteiger partial charge in [-0.25, -0.2) is 0 Å². The van der Waals surface area contributed by atoms with Crippen LogP contribution in [0.15, 0.2) is 18.2 Å². The Morgan fingerprint density at radius 2 is 2.07 bits per heavy atom. The Labute approximate surface area is 84.8 Å². The zero-order chi connectivity index (χ0) is 10.4. The summed E-state index contributed by atoms with van der Waals surface area (Å²) in [5, 5.41) is 0. The van der Waals surface area contributed by atoms with Crippen molar-refractivity contribution < 1.29 is 9.47 Å². The maximum absolute atomic E-state index is 5.64. The summed E-state index contributed by atoms with van der Waals surface area (Å²) in [7, 11) is 1.66. The molecule has 0 aromatic heterocycles. The summed E-state index contributed by atoms with van der Waals surface area (Å²) >= 11 is 0. The van der Waals surface area contributed by atoms with Crippen molar-refractivity contribution >= 4 is 0 Å². The SMILES string of the molecule is COCCOc1cccc(C)c1CN. The molecule has 14 heavy (non-hydrogen) atoms. The number of aryl methyl sites for hydroxylation is 1. The lowest BCUT2D eigenvalue weighted by atomic mass is 10.1. The molecule has 3 nitrogen and oxygen atoms in total. The van der Waals surface area contributed by atoms with E-state index in [2.05, 4.69) is 0 Å². The van der Waals surface area contributed by atoms with E-state index >= 15 is 0 Å². The van der Waals surface area contributed by atoms with E-state index in [4.69, 9.17) is 15.2 Å². The van der Waals surface area contributed by atoms with E-state index in [1.165, 1.54) is 5.56 Å². The Kier molecular flexibility index (Phi) is 4.43. The zero-order valence-corrected chi connectivity index (χ0v) is 8.75. The van der Waals surface area contributed by atoms with Crippen LogP contribution in [0, 0.1) is 6.92 Å². The maximum atomic E-state index is 5.64. The van der Waals surface area contributed by atoms with E-state index < -0.39 is 0 Å². The molecule has 78 valence electrons. The summed E-state index contributed by atoms with van der Waals surface area (Å²) in [5.41, 5.74) is 7.89. The second kappa shape index (κ2) is 5.62. The fourth-order valence-corrected chi connectivity index (χ4v) is 1.31. The molecule has 1 aromatic carbocycles. The number of hydrogen-bond acceptors (Lipinski definition) is 3. The number of benzene rings is 1. The summed E-state index contributed by atoms with van der Waals surface area (Å²) in [6.07, 6.45) is 0. The highest BCUT2D eigenvalue weighted by Gasteiger charge is 2.03. The van der Waals surface area contributed by atoms with Gasteiger partial charge < -0.3 is 15.2 Å². The second-order valence-electron chi connectivity index (χ2n) is 3.10. The van der Waals surface area contributed by atoms with E-state index in [1.54, 1.807) is 7.11 Å². The van der Waals surface area contributed by atoms with Crippen LogP contribution >= 0.6 is 0 Å². The number of nitrogens with two attached hydrogens (primary N) is 1. The van der Waals surface area contributed by atoms with Gasteiger partial charge in [0.05, 0.1) is 6.61 Å². The minimum absolute atomic E-state index is 0.509. The number of hydrogen-bond donors (Lipinski definition) is 1. The Bertz CT molecular complexity index is 287. The summed E-state index contributed by atoms with van der Waals surface area (Å²) in [4.78, 5) is 0. The van der Waals surface area contributed by atoms with Gasteiger partial charge in [-0.1, -0.05) is 12.1 Å². The van der Waals surface area contributed by atoms with Crippen LogP contribution in [0.1, 0.15) is 11.1 Å². The predicted molar refractivity (Wildman–Crippen MR) is 56.4 cm³/mol. The Hall–Kier alpha value is -1.06. The molecule has 0 aliphatic heterocycles. The third-order valence-corrected chi connectivity index (χ3v) is 2.12. The highest BCUT2D eigenvalue weighted by atomic mass is 16.5. The Morgan fingerprint density at radius 1 is 1.29 bits per heavy atom. The van der Waals surface area contributed by atoms with Gasteiger partial charge >= 0.3 is 0 Å². The molecule has 0 bridgehead atoms. The van der Waals surface area contributed by atoms with Crippen molar-refractivity contribution in [3.8, 4) is 5.75 Å². The van der Waals surface area contributed by atoms with Crippen molar-refractivity contribution in [3.63, 3.8) is 0 Å². The van der Waals surface area contributed by atoms with Gasteiger partial charge in [-0.2, -0.15) is 0 Å². The molecule has 2 N–H and O–H groups in total. The maximum Gasteiger partial charge on any atom is 0.124 e. The van der Waals surface area contributed by atoms with Crippen LogP contribution in [0.3, 0.4) is 0 Å². The van der Waals surface area contributed by atoms with E-state index in [9.17, 15) is 0 Å². The molecular weight excluding hydrogens is 178 g/mol. The van der Waals surface area contributed by atoms with Gasteiger partial charge in [0.2, 0.25) is 0 Å². The molecule has 0 fully saturated rings. The molecule has 0 unspecified atom stereocenters. The highest BCUT2D eigenvalue weighted by Crippen LogP contribution is 2.21. The van der Waals surface area contributed by atoms with Crippen LogP contribution in [-0.2, 0) is 11.3 Å². The number of ether oxygens (including phenoxy) is 2. The van der Waals surface area contributed by atoms with Crippen molar-refractivity contribution in [2.24, 2.45) is 5.73 Å². The number of methoxy groups -OCH3 is 1. The lowest BCUT2D eigenvalue weighted by molar-refractivity contribution is 0.145. The second-order valence-corrected chi connectivity index (χ2v) is 3.10. The van der Waals surface area contributed by atoms with Gasteiger partial charge in [0.15, 0.2) is 0 Å². The largest absolute Gasteiger partial charge is 0.491 e. The molecule has 0 atom stereocenters. The fourth-order valence-electron chi connectivity index (χ4n) is 1.31. The van der Waals surface area contributed by atoms with Crippen molar-refractivity contribution in [2.75, 3.05) is 20.3 Å². The predicted octanol–water partition coefficient (Wildman–Crippen LogP) is 1.48. The Balaban J connectivity index is 2.70. The zero-order valence-electron chi connectivity index (χ0n) is 8.75. The first kappa shape index (κ1) is 11.0. The molecule has 0 heterocycles. The van der Waals surface area contributed by atoms with E-state index in [-0.39, 0.29) is 0 Å². The molecule has 3 heteroatoms. The van der Waals surface area contributed by atoms with Gasteiger partial charge in [0.1, 0.15) is 12.4 Å². The standard InChI is InChI=1S/C11H17NO2/c1-9-4-3-5-11(10(9)8-12)14-7-6-13-2/h3-5H,6-8,12H2,1-2H3. The minimum atomic E-state index is 0.509. The highest BCUT2D eigenvalue weighted by molar-refractivity contribution is 5.39. The minimum Gasteiger partial charge on any atom is -0.491 e. The van der Waals surface area contributed by atoms with E-state index in [0.29, 0.717) is 19.8 Å². The first-order valence-electron chi connectivity index (χ1n) is 4.70. The molecule has 0 amide bonds. The van der Waals surface area contributed by atoms with Gasteiger partial charge in [0, 0.05) is 19.2 Å². The molecule has 0 aliphatic carbocycles. The van der Waals surface area contributed by atoms with Crippen molar-refractivity contribution in [2.45, 2.75) is 13.5 Å². The van der Waals surface area contributed by atoms with Gasteiger partial charge in [-0.05, 0) is 18.6 Å². The summed E-state index contributed by atoms with van der Waals surface area (Å²) in [6, 6.07) is 5.94. The van der Waals surface area contributed by atoms with Crippen LogP contribution in [0.5, 0.6) is 5.75 Å². The van der Waals surface area contributed by atoms with E-state index in [0.717, 1.165) is 11.3 Å². The third kappa shape index (κ3) is 2.72.